The van der Waals surface area contributed by atoms with E-state index in [1.807, 2.05) is 19.2 Å². The largest absolute Gasteiger partial charge is 0.373 e. The van der Waals surface area contributed by atoms with Crippen molar-refractivity contribution < 1.29 is 9.53 Å². The van der Waals surface area contributed by atoms with Crippen LogP contribution in [0.3, 0.4) is 0 Å². The van der Waals surface area contributed by atoms with Gasteiger partial charge in [-0.1, -0.05) is 42.3 Å². The molecule has 1 aromatic carbocycles. The zero-order chi connectivity index (χ0) is 20.7. The summed E-state index contributed by atoms with van der Waals surface area (Å²) in [5.41, 5.74) is 10.8. The van der Waals surface area contributed by atoms with E-state index in [0.717, 1.165) is 44.5 Å². The van der Waals surface area contributed by atoms with Crippen LogP contribution in [0.2, 0.25) is 0 Å². The van der Waals surface area contributed by atoms with Crippen molar-refractivity contribution >= 4 is 12.0 Å². The summed E-state index contributed by atoms with van der Waals surface area (Å²) in [7, 11) is 1.82. The van der Waals surface area contributed by atoms with E-state index in [1.54, 1.807) is 6.20 Å². The Hall–Kier alpha value is -2.50. The van der Waals surface area contributed by atoms with Crippen molar-refractivity contribution in [3.05, 3.63) is 70.6 Å². The van der Waals surface area contributed by atoms with Gasteiger partial charge in [0.15, 0.2) is 0 Å². The molecule has 5 rings (SSSR count). The van der Waals surface area contributed by atoms with Gasteiger partial charge in [-0.3, -0.25) is 14.7 Å². The van der Waals surface area contributed by atoms with Gasteiger partial charge in [0.05, 0.1) is 0 Å². The van der Waals surface area contributed by atoms with Crippen LogP contribution >= 0.6 is 0 Å². The van der Waals surface area contributed by atoms with Gasteiger partial charge in [-0.15, -0.1) is 0 Å². The lowest BCUT2D eigenvalue weighted by Gasteiger charge is -2.55. The molecule has 2 N–H and O–H groups in total. The highest BCUT2D eigenvalue weighted by molar-refractivity contribution is 5.90. The molecule has 156 valence electrons. The van der Waals surface area contributed by atoms with Gasteiger partial charge in [-0.05, 0) is 48.1 Å². The molecule has 0 spiro atoms. The molecule has 2 unspecified atom stereocenters. The molecule has 3 aliphatic rings. The zero-order valence-corrected chi connectivity index (χ0v) is 17.5. The van der Waals surface area contributed by atoms with E-state index in [4.69, 9.17) is 10.5 Å². The fourth-order valence-corrected chi connectivity index (χ4v) is 6.12. The molecule has 1 aliphatic heterocycles. The Morgan fingerprint density at radius 1 is 1.23 bits per heavy atom. The predicted molar refractivity (Wildman–Crippen MR) is 117 cm³/mol. The molecule has 5 nitrogen and oxygen atoms in total. The van der Waals surface area contributed by atoms with Crippen molar-refractivity contribution in [3.8, 4) is 0 Å². The molecule has 2 aliphatic carbocycles. The lowest BCUT2D eigenvalue weighted by molar-refractivity contribution is -0.167. The van der Waals surface area contributed by atoms with Crippen LogP contribution in [0.25, 0.3) is 6.08 Å². The summed E-state index contributed by atoms with van der Waals surface area (Å²) in [5.74, 6) is 0.295. The van der Waals surface area contributed by atoms with E-state index in [-0.39, 0.29) is 5.60 Å². The second-order valence-electron chi connectivity index (χ2n) is 8.99. The highest BCUT2D eigenvalue weighted by atomic mass is 16.5. The SMILES string of the molecule is COC1(c2ccnc(C(N)=O)c2)C2CCCC1CN(CC1=Cc3ccccc3C1)C2. The first kappa shape index (κ1) is 19.5. The Labute approximate surface area is 177 Å². The first-order chi connectivity index (χ1) is 14.6. The monoisotopic (exact) mass is 403 g/mol. The zero-order valence-electron chi connectivity index (χ0n) is 17.5. The summed E-state index contributed by atoms with van der Waals surface area (Å²) in [5, 5.41) is 0. The second-order valence-corrected chi connectivity index (χ2v) is 8.99. The van der Waals surface area contributed by atoms with E-state index < -0.39 is 5.91 Å². The highest BCUT2D eigenvalue weighted by Gasteiger charge is 2.53. The molecule has 1 saturated carbocycles. The third kappa shape index (κ3) is 3.17. The number of methoxy groups -OCH3 is 1. The normalized spacial score (nSPS) is 28.1. The number of fused-ring (bicyclic) bond motifs is 3. The number of ether oxygens (including phenoxy) is 1. The highest BCUT2D eigenvalue weighted by Crippen LogP contribution is 2.51. The van der Waals surface area contributed by atoms with Gasteiger partial charge in [-0.25, -0.2) is 0 Å². The fourth-order valence-electron chi connectivity index (χ4n) is 6.12. The Morgan fingerprint density at radius 3 is 2.70 bits per heavy atom. The van der Waals surface area contributed by atoms with Crippen molar-refractivity contribution in [2.75, 3.05) is 26.7 Å². The molecule has 2 bridgehead atoms. The Bertz CT molecular complexity index is 985. The fraction of sp³-hybridized carbons (Fsp3) is 0.440. The summed E-state index contributed by atoms with van der Waals surface area (Å²) >= 11 is 0. The smallest absolute Gasteiger partial charge is 0.267 e. The maximum absolute atomic E-state index is 11.7. The Kier molecular flexibility index (Phi) is 4.95. The van der Waals surface area contributed by atoms with Gasteiger partial charge in [0.2, 0.25) is 0 Å². The number of amides is 1. The molecule has 2 atom stereocenters. The van der Waals surface area contributed by atoms with E-state index in [9.17, 15) is 4.79 Å². The molecule has 1 amide bonds. The minimum absolute atomic E-state index is 0.318. The Morgan fingerprint density at radius 2 is 2.00 bits per heavy atom. The quantitative estimate of drug-likeness (QED) is 0.831. The van der Waals surface area contributed by atoms with Crippen molar-refractivity contribution in [2.24, 2.45) is 17.6 Å². The molecule has 0 radical (unpaired) electrons. The molecule has 2 heterocycles. The molecule has 1 saturated heterocycles. The molecule has 2 fully saturated rings. The molecule has 5 heteroatoms. The summed E-state index contributed by atoms with van der Waals surface area (Å²) in [6.45, 7) is 3.03. The van der Waals surface area contributed by atoms with Crippen LogP contribution in [0.5, 0.6) is 0 Å². The number of rotatable bonds is 5. The van der Waals surface area contributed by atoms with E-state index in [1.165, 1.54) is 23.1 Å². The van der Waals surface area contributed by atoms with Crippen LogP contribution in [-0.4, -0.2) is 42.5 Å². The van der Waals surface area contributed by atoms with Gasteiger partial charge in [0.1, 0.15) is 11.3 Å². The first-order valence-corrected chi connectivity index (χ1v) is 10.9. The maximum Gasteiger partial charge on any atom is 0.267 e. The van der Waals surface area contributed by atoms with Crippen LogP contribution in [0.1, 0.15) is 46.4 Å². The van der Waals surface area contributed by atoms with E-state index in [0.29, 0.717) is 17.5 Å². The number of likely N-dealkylation sites (tertiary alicyclic amines) is 1. The van der Waals surface area contributed by atoms with Crippen molar-refractivity contribution in [1.29, 1.82) is 0 Å². The number of piperidine rings is 1. The maximum atomic E-state index is 11.7. The average molecular weight is 404 g/mol. The topological polar surface area (TPSA) is 68.5 Å². The third-order valence-corrected chi connectivity index (χ3v) is 7.34. The summed E-state index contributed by atoms with van der Waals surface area (Å²) in [6.07, 6.45) is 8.62. The van der Waals surface area contributed by atoms with Crippen molar-refractivity contribution in [2.45, 2.75) is 31.3 Å². The lowest BCUT2D eigenvalue weighted by atomic mass is 9.62. The number of aromatic nitrogens is 1. The summed E-state index contributed by atoms with van der Waals surface area (Å²) in [4.78, 5) is 18.5. The standard InChI is InChI=1S/C25H29N3O2/c1-30-25(20-9-10-27-23(13-20)24(26)29)21-7-4-8-22(25)16-28(15-21)14-17-11-18-5-2-3-6-19(18)12-17/h2-3,5-6,9-11,13,21-22H,4,7-8,12,14-16H2,1H3,(H2,26,29). The van der Waals surface area contributed by atoms with Gasteiger partial charge in [0, 0.05) is 44.8 Å². The molecular weight excluding hydrogens is 374 g/mol. The van der Waals surface area contributed by atoms with E-state index in [2.05, 4.69) is 40.2 Å². The predicted octanol–water partition coefficient (Wildman–Crippen LogP) is 3.39. The third-order valence-electron chi connectivity index (χ3n) is 7.34. The van der Waals surface area contributed by atoms with E-state index >= 15 is 0 Å². The number of hydrogen-bond acceptors (Lipinski definition) is 4. The van der Waals surface area contributed by atoms with Crippen LogP contribution in [0, 0.1) is 11.8 Å². The molecule has 2 aromatic rings. The number of nitrogens with two attached hydrogens (primary N) is 1. The van der Waals surface area contributed by atoms with Gasteiger partial charge in [0.25, 0.3) is 5.91 Å². The van der Waals surface area contributed by atoms with Gasteiger partial charge >= 0.3 is 0 Å². The molecule has 1 aromatic heterocycles. The molecule has 30 heavy (non-hydrogen) atoms. The number of hydrogen-bond donors (Lipinski definition) is 1. The van der Waals surface area contributed by atoms with Crippen LogP contribution in [0.4, 0.5) is 0 Å². The first-order valence-electron chi connectivity index (χ1n) is 10.9. The Balaban J connectivity index is 1.40. The number of pyridine rings is 1. The van der Waals surface area contributed by atoms with Crippen LogP contribution in [0.15, 0.2) is 48.2 Å². The van der Waals surface area contributed by atoms with Crippen molar-refractivity contribution in [1.82, 2.24) is 9.88 Å². The van der Waals surface area contributed by atoms with Crippen LogP contribution in [-0.2, 0) is 16.8 Å². The van der Waals surface area contributed by atoms with Gasteiger partial charge < -0.3 is 10.5 Å². The number of benzene rings is 1. The second kappa shape index (κ2) is 7.64. The average Bonchev–Trinajstić information content (AvgIpc) is 3.15. The minimum Gasteiger partial charge on any atom is -0.373 e. The minimum atomic E-state index is -0.488. The number of carbonyl (C=O) groups is 1. The summed E-state index contributed by atoms with van der Waals surface area (Å²) in [6, 6.07) is 12.5. The van der Waals surface area contributed by atoms with Crippen LogP contribution < -0.4 is 5.73 Å². The van der Waals surface area contributed by atoms with Crippen molar-refractivity contribution in [3.63, 3.8) is 0 Å². The number of primary amides is 1. The van der Waals surface area contributed by atoms with Gasteiger partial charge in [-0.2, -0.15) is 0 Å². The number of carbonyl (C=O) groups excluding carboxylic acids is 1. The lowest BCUT2D eigenvalue weighted by Crippen LogP contribution is -2.59. The number of nitrogens with zero attached hydrogens (tertiary/aromatic N) is 2. The summed E-state index contributed by atoms with van der Waals surface area (Å²) < 4.78 is 6.31. The molecular formula is C25H29N3O2.